The van der Waals surface area contributed by atoms with E-state index in [2.05, 4.69) is 39.8 Å². The number of rotatable bonds is 8. The van der Waals surface area contributed by atoms with Gasteiger partial charge in [-0.1, -0.05) is 39.0 Å². The van der Waals surface area contributed by atoms with Crippen molar-refractivity contribution in [1.82, 2.24) is 19.5 Å². The van der Waals surface area contributed by atoms with Gasteiger partial charge in [0.2, 0.25) is 0 Å². The highest BCUT2D eigenvalue weighted by Gasteiger charge is 2.25. The van der Waals surface area contributed by atoms with E-state index in [1.54, 1.807) is 29.9 Å². The van der Waals surface area contributed by atoms with Crippen LogP contribution in [0.25, 0.3) is 22.1 Å². The number of carbonyl (C=O) groups is 1. The van der Waals surface area contributed by atoms with Gasteiger partial charge >= 0.3 is 0 Å². The highest BCUT2D eigenvalue weighted by molar-refractivity contribution is 7.13. The molecule has 1 aliphatic rings. The van der Waals surface area contributed by atoms with Crippen molar-refractivity contribution in [3.8, 4) is 22.1 Å². The average Bonchev–Trinajstić information content (AvgIpc) is 3.40. The van der Waals surface area contributed by atoms with Gasteiger partial charge < -0.3 is 4.57 Å². The molecule has 30 heavy (non-hydrogen) atoms. The Morgan fingerprint density at radius 3 is 2.73 bits per heavy atom. The van der Waals surface area contributed by atoms with E-state index in [4.69, 9.17) is 4.98 Å². The zero-order valence-electron chi connectivity index (χ0n) is 17.9. The molecule has 0 N–H and O–H groups in total. The Labute approximate surface area is 182 Å². The van der Waals surface area contributed by atoms with E-state index in [-0.39, 0.29) is 5.78 Å². The minimum atomic E-state index is 0.265. The molecule has 0 aromatic carbocycles. The Bertz CT molecular complexity index is 986. The summed E-state index contributed by atoms with van der Waals surface area (Å²) in [6.45, 7) is 4.28. The van der Waals surface area contributed by atoms with Crippen LogP contribution in [0.5, 0.6) is 0 Å². The lowest BCUT2D eigenvalue weighted by Gasteiger charge is -2.26. The number of ketones is 1. The summed E-state index contributed by atoms with van der Waals surface area (Å²) in [7, 11) is 0. The Morgan fingerprint density at radius 1 is 1.17 bits per heavy atom. The molecule has 0 amide bonds. The molecular formula is C24H30N4OS. The summed E-state index contributed by atoms with van der Waals surface area (Å²) >= 11 is 1.58. The van der Waals surface area contributed by atoms with Gasteiger partial charge in [0.15, 0.2) is 5.78 Å². The molecular weight excluding hydrogens is 392 g/mol. The van der Waals surface area contributed by atoms with Crippen LogP contribution in [0.1, 0.15) is 86.8 Å². The number of aromatic nitrogens is 4. The fourth-order valence-electron chi connectivity index (χ4n) is 4.50. The molecule has 1 saturated carbocycles. The lowest BCUT2D eigenvalue weighted by Crippen LogP contribution is -2.16. The van der Waals surface area contributed by atoms with Crippen LogP contribution in [0, 0.1) is 6.92 Å². The summed E-state index contributed by atoms with van der Waals surface area (Å²) in [5, 5.41) is 2.95. The number of nitrogens with zero attached hydrogens (tertiary/aromatic N) is 4. The molecule has 158 valence electrons. The van der Waals surface area contributed by atoms with Gasteiger partial charge in [-0.25, -0.2) is 4.98 Å². The first kappa shape index (κ1) is 20.9. The Balaban J connectivity index is 1.71. The van der Waals surface area contributed by atoms with Crippen molar-refractivity contribution >= 4 is 17.1 Å². The zero-order chi connectivity index (χ0) is 20.9. The van der Waals surface area contributed by atoms with Crippen molar-refractivity contribution in [3.05, 3.63) is 41.3 Å². The van der Waals surface area contributed by atoms with Crippen molar-refractivity contribution in [2.45, 2.75) is 77.7 Å². The van der Waals surface area contributed by atoms with Crippen molar-refractivity contribution in [2.75, 3.05) is 0 Å². The predicted octanol–water partition coefficient (Wildman–Crippen LogP) is 6.65. The lowest BCUT2D eigenvalue weighted by atomic mass is 9.95. The van der Waals surface area contributed by atoms with E-state index in [1.807, 2.05) is 0 Å². The first-order valence-corrected chi connectivity index (χ1v) is 12.0. The molecule has 3 aromatic rings. The van der Waals surface area contributed by atoms with Crippen LogP contribution in [-0.2, 0) is 0 Å². The molecule has 3 aromatic heterocycles. The van der Waals surface area contributed by atoms with Gasteiger partial charge in [0, 0.05) is 41.5 Å². The van der Waals surface area contributed by atoms with E-state index >= 15 is 0 Å². The standard InChI is InChI=1S/C24H30N4OS/c1-3-4-6-11-23(29)19-14-22(28(17(19)2)18-9-7-5-8-10-18)21-16-30-24(27-21)20-15-25-12-13-26-20/h12-16,18H,3-11H2,1-2H3. The summed E-state index contributed by atoms with van der Waals surface area (Å²) in [6.07, 6.45) is 15.1. The molecule has 0 radical (unpaired) electrons. The van der Waals surface area contributed by atoms with E-state index in [9.17, 15) is 4.79 Å². The molecule has 0 bridgehead atoms. The summed E-state index contributed by atoms with van der Waals surface area (Å²) < 4.78 is 2.40. The summed E-state index contributed by atoms with van der Waals surface area (Å²) in [4.78, 5) is 26.4. The van der Waals surface area contributed by atoms with Gasteiger partial charge in [-0.15, -0.1) is 11.3 Å². The molecule has 0 aliphatic heterocycles. The topological polar surface area (TPSA) is 60.7 Å². The second-order valence-corrected chi connectivity index (χ2v) is 9.06. The molecule has 1 fully saturated rings. The van der Waals surface area contributed by atoms with Gasteiger partial charge in [-0.3, -0.25) is 14.8 Å². The third-order valence-corrected chi connectivity index (χ3v) is 6.95. The molecule has 5 nitrogen and oxygen atoms in total. The van der Waals surface area contributed by atoms with Crippen LogP contribution in [0.3, 0.4) is 0 Å². The van der Waals surface area contributed by atoms with Crippen LogP contribution in [-0.4, -0.2) is 25.3 Å². The smallest absolute Gasteiger partial charge is 0.164 e. The second-order valence-electron chi connectivity index (χ2n) is 8.20. The Kier molecular flexibility index (Phi) is 6.72. The fourth-order valence-corrected chi connectivity index (χ4v) is 5.27. The zero-order valence-corrected chi connectivity index (χ0v) is 18.7. The van der Waals surface area contributed by atoms with Crippen molar-refractivity contribution in [3.63, 3.8) is 0 Å². The maximum atomic E-state index is 13.0. The highest BCUT2D eigenvalue weighted by atomic mass is 32.1. The molecule has 0 saturated heterocycles. The quantitative estimate of drug-likeness (QED) is 0.301. The van der Waals surface area contributed by atoms with Crippen molar-refractivity contribution in [1.29, 1.82) is 0 Å². The first-order chi connectivity index (χ1) is 14.7. The van der Waals surface area contributed by atoms with Gasteiger partial charge in [0.05, 0.1) is 17.6 Å². The Morgan fingerprint density at radius 2 is 2.00 bits per heavy atom. The molecule has 1 aliphatic carbocycles. The summed E-state index contributed by atoms with van der Waals surface area (Å²) in [5.41, 5.74) is 4.77. The normalized spacial score (nSPS) is 14.9. The molecule has 4 rings (SSSR count). The molecule has 6 heteroatoms. The average molecular weight is 423 g/mol. The van der Waals surface area contributed by atoms with Gasteiger partial charge in [-0.2, -0.15) is 0 Å². The number of hydrogen-bond acceptors (Lipinski definition) is 5. The minimum absolute atomic E-state index is 0.265. The maximum absolute atomic E-state index is 13.0. The maximum Gasteiger partial charge on any atom is 0.164 e. The molecule has 3 heterocycles. The summed E-state index contributed by atoms with van der Waals surface area (Å²) in [5.74, 6) is 0.265. The van der Waals surface area contributed by atoms with Gasteiger partial charge in [0.1, 0.15) is 10.7 Å². The largest absolute Gasteiger partial charge is 0.340 e. The third kappa shape index (κ3) is 4.38. The monoisotopic (exact) mass is 422 g/mol. The third-order valence-electron chi connectivity index (χ3n) is 6.09. The van der Waals surface area contributed by atoms with Crippen molar-refractivity contribution in [2.24, 2.45) is 0 Å². The number of thiazole rings is 1. The summed E-state index contributed by atoms with van der Waals surface area (Å²) in [6, 6.07) is 2.54. The Hall–Kier alpha value is -2.34. The predicted molar refractivity (Wildman–Crippen MR) is 122 cm³/mol. The second kappa shape index (κ2) is 9.65. The highest BCUT2D eigenvalue weighted by Crippen LogP contribution is 2.38. The van der Waals surface area contributed by atoms with Crippen molar-refractivity contribution < 1.29 is 4.79 Å². The fraction of sp³-hybridized carbons (Fsp3) is 0.500. The van der Waals surface area contributed by atoms with Gasteiger partial charge in [-0.05, 0) is 32.3 Å². The number of Topliss-reactive ketones (excluding diaryl/α,β-unsaturated/α-hetero) is 1. The van der Waals surface area contributed by atoms with E-state index in [0.29, 0.717) is 12.5 Å². The van der Waals surface area contributed by atoms with Crippen LogP contribution in [0.2, 0.25) is 0 Å². The molecule has 0 unspecified atom stereocenters. The van der Waals surface area contributed by atoms with E-state index in [1.165, 1.54) is 32.1 Å². The lowest BCUT2D eigenvalue weighted by molar-refractivity contribution is 0.0978. The number of carbonyl (C=O) groups excluding carboxylic acids is 1. The molecule has 0 spiro atoms. The number of hydrogen-bond donors (Lipinski definition) is 0. The van der Waals surface area contributed by atoms with E-state index in [0.717, 1.165) is 52.6 Å². The molecule has 0 atom stereocenters. The van der Waals surface area contributed by atoms with Crippen LogP contribution in [0.15, 0.2) is 30.0 Å². The van der Waals surface area contributed by atoms with Crippen LogP contribution < -0.4 is 0 Å². The first-order valence-electron chi connectivity index (χ1n) is 11.2. The van der Waals surface area contributed by atoms with Crippen LogP contribution in [0.4, 0.5) is 0 Å². The van der Waals surface area contributed by atoms with E-state index < -0.39 is 0 Å². The van der Waals surface area contributed by atoms with Gasteiger partial charge in [0.25, 0.3) is 0 Å². The SMILES string of the molecule is CCCCCC(=O)c1cc(-c2csc(-c3cnccn3)n2)n(C2CCCCC2)c1C. The van der Waals surface area contributed by atoms with Crippen LogP contribution >= 0.6 is 11.3 Å². The minimum Gasteiger partial charge on any atom is -0.340 e. The number of unbranched alkanes of at least 4 members (excludes halogenated alkanes) is 2.